The number of rotatable bonds is 11. The Balaban J connectivity index is 0.000000841. The summed E-state index contributed by atoms with van der Waals surface area (Å²) in [5, 5.41) is 17.2. The number of carbonyl (C=O) groups excluding carboxylic acids is 1. The Hall–Kier alpha value is -3.69. The minimum atomic E-state index is -0.250. The molecule has 1 aliphatic heterocycles. The molecule has 0 amide bonds. The van der Waals surface area contributed by atoms with E-state index in [0.717, 1.165) is 54.5 Å². The first-order valence-electron chi connectivity index (χ1n) is 18.6. The Bertz CT molecular complexity index is 1910. The first-order valence-corrected chi connectivity index (χ1v) is 21.9. The number of likely N-dealkylation sites (N-methyl/N-ethyl adjacent to an activating group) is 1. The number of anilines is 1. The molecule has 4 heterocycles. The number of aldehydes is 1. The van der Waals surface area contributed by atoms with Crippen LogP contribution >= 0.6 is 30.3 Å². The highest BCUT2D eigenvalue weighted by Crippen LogP contribution is 2.43. The standard InChI is InChI=1S/C34H36IN7O3S.C2H5F.2C2H6/c1-39-12-10-26(11-13-39)41-19-25(18-38-41)30-17-28-32(36-21-37-34(28)42(30)46-35)27-4-3-5-29(33(27)44)40(2)14-15-45-31-16-23(22-6-7-22)8-9-24(31)20-43;1-2-3;2*1-2/h3-5,8-9,16-22,26,44H,6-7,10-15H2,1-2H3;2H2,1H3;2*1-2H3. The molecule has 2 aliphatic rings. The molecule has 286 valence electrons. The molecule has 1 saturated carbocycles. The molecule has 0 bridgehead atoms. The molecule has 13 heteroatoms. The van der Waals surface area contributed by atoms with E-state index < -0.39 is 0 Å². The number of ether oxygens (including phenoxy) is 1. The number of para-hydroxylation sites is 1. The summed E-state index contributed by atoms with van der Waals surface area (Å²) in [4.78, 5) is 25.2. The maximum absolute atomic E-state index is 11.6. The molecule has 7 rings (SSSR count). The molecular formula is C40H53FIN7O3S. The van der Waals surface area contributed by atoms with Gasteiger partial charge in [0, 0.05) is 60.1 Å². The number of carbonyl (C=O) groups is 1. The Morgan fingerprint density at radius 2 is 1.79 bits per heavy atom. The fraction of sp³-hybridized carbons (Fsp3) is 0.450. The van der Waals surface area contributed by atoms with Gasteiger partial charge in [0.2, 0.25) is 0 Å². The van der Waals surface area contributed by atoms with Crippen molar-refractivity contribution >= 4 is 53.3 Å². The zero-order valence-corrected chi connectivity index (χ0v) is 34.9. The van der Waals surface area contributed by atoms with Crippen molar-refractivity contribution in [2.75, 3.05) is 51.9 Å². The largest absolute Gasteiger partial charge is 0.505 e. The fourth-order valence-electron chi connectivity index (χ4n) is 6.29. The van der Waals surface area contributed by atoms with Crippen LogP contribution in [0.4, 0.5) is 10.1 Å². The number of likely N-dealkylation sites (tertiary alicyclic amines) is 1. The molecule has 1 saturated heterocycles. The van der Waals surface area contributed by atoms with Crippen molar-refractivity contribution in [1.82, 2.24) is 28.6 Å². The van der Waals surface area contributed by atoms with Gasteiger partial charge in [-0.05, 0) is 94.6 Å². The second-order valence-corrected chi connectivity index (χ2v) is 14.2. The number of fused-ring (bicyclic) bond motifs is 1. The van der Waals surface area contributed by atoms with Crippen molar-refractivity contribution < 1.29 is 19.0 Å². The van der Waals surface area contributed by atoms with E-state index in [1.807, 2.05) is 82.2 Å². The number of phenols is 1. The van der Waals surface area contributed by atoms with E-state index in [9.17, 15) is 14.3 Å². The molecule has 0 atom stereocenters. The first kappa shape index (κ1) is 42.1. The SMILES string of the molecule is CC.CC.CCF.CN1CCC(n2cc(-c3cc4c(-c5cccc(N(C)CCOc6cc(C7CC7)ccc6C=O)c5O)ncnc4n3SI)cn2)CC1. The van der Waals surface area contributed by atoms with Crippen LogP contribution in [-0.2, 0) is 0 Å². The summed E-state index contributed by atoms with van der Waals surface area (Å²) in [6.07, 6.45) is 11.0. The van der Waals surface area contributed by atoms with Gasteiger partial charge in [0.15, 0.2) is 11.9 Å². The van der Waals surface area contributed by atoms with Gasteiger partial charge in [0.05, 0.1) is 48.1 Å². The second-order valence-electron chi connectivity index (χ2n) is 12.5. The van der Waals surface area contributed by atoms with Crippen molar-refractivity contribution in [2.24, 2.45) is 0 Å². The van der Waals surface area contributed by atoms with Crippen molar-refractivity contribution in [1.29, 1.82) is 0 Å². The highest BCUT2D eigenvalue weighted by Gasteiger charge is 2.25. The molecule has 1 N–H and O–H groups in total. The van der Waals surface area contributed by atoms with Crippen LogP contribution < -0.4 is 9.64 Å². The van der Waals surface area contributed by atoms with E-state index in [-0.39, 0.29) is 12.4 Å². The van der Waals surface area contributed by atoms with Crippen LogP contribution in [-0.4, -0.2) is 87.0 Å². The van der Waals surface area contributed by atoms with E-state index in [0.29, 0.717) is 53.4 Å². The van der Waals surface area contributed by atoms with Gasteiger partial charge in [0.25, 0.3) is 0 Å². The Morgan fingerprint density at radius 1 is 1.08 bits per heavy atom. The zero-order valence-electron chi connectivity index (χ0n) is 31.9. The monoisotopic (exact) mass is 857 g/mol. The summed E-state index contributed by atoms with van der Waals surface area (Å²) in [7, 11) is 5.64. The van der Waals surface area contributed by atoms with Crippen molar-refractivity contribution in [3.63, 3.8) is 0 Å². The zero-order chi connectivity index (χ0) is 38.5. The number of phenolic OH excluding ortho intramolecular Hbond substituents is 1. The maximum atomic E-state index is 11.6. The number of hydrogen-bond donors (Lipinski definition) is 1. The third kappa shape index (κ3) is 10.1. The number of benzene rings is 2. The molecule has 53 heavy (non-hydrogen) atoms. The summed E-state index contributed by atoms with van der Waals surface area (Å²) < 4.78 is 20.6. The molecule has 2 fully saturated rings. The molecule has 1 aliphatic carbocycles. The normalized spacial score (nSPS) is 14.3. The minimum absolute atomic E-state index is 0.140. The highest BCUT2D eigenvalue weighted by atomic mass is 127. The number of piperidine rings is 1. The molecule has 5 aromatic rings. The number of alkyl halides is 1. The topological polar surface area (TPSA) is 102 Å². The molecular weight excluding hydrogens is 804 g/mol. The maximum Gasteiger partial charge on any atom is 0.155 e. The molecule has 0 spiro atoms. The third-order valence-electron chi connectivity index (χ3n) is 9.16. The quantitative estimate of drug-likeness (QED) is 0.103. The van der Waals surface area contributed by atoms with Crippen molar-refractivity contribution in [2.45, 2.75) is 72.3 Å². The first-order chi connectivity index (χ1) is 25.9. The minimum Gasteiger partial charge on any atom is -0.505 e. The highest BCUT2D eigenvalue weighted by molar-refractivity contribution is 14.2. The summed E-state index contributed by atoms with van der Waals surface area (Å²) in [6.45, 7) is 12.2. The lowest BCUT2D eigenvalue weighted by Crippen LogP contribution is -2.31. The van der Waals surface area contributed by atoms with Gasteiger partial charge in [-0.3, -0.25) is 17.8 Å². The van der Waals surface area contributed by atoms with E-state index in [1.165, 1.54) is 25.3 Å². The van der Waals surface area contributed by atoms with Crippen LogP contribution in [0.15, 0.2) is 61.2 Å². The Kier molecular flexibility index (Phi) is 16.4. The van der Waals surface area contributed by atoms with E-state index in [1.54, 1.807) is 15.4 Å². The summed E-state index contributed by atoms with van der Waals surface area (Å²) >= 11 is 2.28. The molecule has 0 unspecified atom stereocenters. The van der Waals surface area contributed by atoms with E-state index in [4.69, 9.17) is 9.84 Å². The van der Waals surface area contributed by atoms with Crippen molar-refractivity contribution in [3.8, 4) is 34.0 Å². The number of halogens is 2. The molecule has 0 radical (unpaired) electrons. The van der Waals surface area contributed by atoms with Crippen LogP contribution in [0.5, 0.6) is 11.5 Å². The van der Waals surface area contributed by atoms with Crippen LogP contribution in [0.1, 0.15) is 88.2 Å². The molecule has 10 nitrogen and oxygen atoms in total. The van der Waals surface area contributed by atoms with Gasteiger partial charge in [-0.2, -0.15) is 5.10 Å². The number of aromatic nitrogens is 5. The lowest BCUT2D eigenvalue weighted by atomic mass is 10.1. The van der Waals surface area contributed by atoms with Crippen LogP contribution in [0.2, 0.25) is 0 Å². The lowest BCUT2D eigenvalue weighted by Gasteiger charge is -2.28. The van der Waals surface area contributed by atoms with Gasteiger partial charge in [-0.1, -0.05) is 39.8 Å². The van der Waals surface area contributed by atoms with E-state index in [2.05, 4.69) is 64.0 Å². The van der Waals surface area contributed by atoms with Gasteiger partial charge in [-0.15, -0.1) is 0 Å². The Labute approximate surface area is 329 Å². The average molecular weight is 858 g/mol. The third-order valence-corrected chi connectivity index (χ3v) is 10.9. The fourth-order valence-corrected chi connectivity index (χ4v) is 7.93. The summed E-state index contributed by atoms with van der Waals surface area (Å²) in [5.41, 5.74) is 6.51. The lowest BCUT2D eigenvalue weighted by molar-refractivity contribution is 0.111. The number of hydrogen-bond acceptors (Lipinski definition) is 9. The Morgan fingerprint density at radius 3 is 2.45 bits per heavy atom. The molecule has 3 aromatic heterocycles. The second kappa shape index (κ2) is 20.7. The van der Waals surface area contributed by atoms with Gasteiger partial charge in [0.1, 0.15) is 24.4 Å². The predicted molar refractivity (Wildman–Crippen MR) is 226 cm³/mol. The smallest absolute Gasteiger partial charge is 0.155 e. The van der Waals surface area contributed by atoms with Gasteiger partial charge < -0.3 is 19.6 Å². The van der Waals surface area contributed by atoms with E-state index >= 15 is 0 Å². The average Bonchev–Trinajstić information content (AvgIpc) is 3.80. The van der Waals surface area contributed by atoms with Gasteiger partial charge in [-0.25, -0.2) is 9.97 Å². The number of aromatic hydroxyl groups is 1. The summed E-state index contributed by atoms with van der Waals surface area (Å²) in [5.74, 6) is 1.32. The van der Waals surface area contributed by atoms with Crippen LogP contribution in [0.3, 0.4) is 0 Å². The van der Waals surface area contributed by atoms with Crippen LogP contribution in [0, 0.1) is 0 Å². The molecule has 2 aromatic carbocycles. The number of nitrogens with zero attached hydrogens (tertiary/aromatic N) is 7. The predicted octanol–water partition coefficient (Wildman–Crippen LogP) is 10.0. The van der Waals surface area contributed by atoms with Crippen molar-refractivity contribution in [3.05, 3.63) is 72.3 Å². The van der Waals surface area contributed by atoms with Crippen LogP contribution in [0.25, 0.3) is 33.5 Å². The van der Waals surface area contributed by atoms with Gasteiger partial charge >= 0.3 is 0 Å². The summed E-state index contributed by atoms with van der Waals surface area (Å²) in [6, 6.07) is 14.0.